The molecule has 0 radical (unpaired) electrons. The van der Waals surface area contributed by atoms with E-state index in [2.05, 4.69) is 19.5 Å². The topological polar surface area (TPSA) is 165 Å². The van der Waals surface area contributed by atoms with Crippen LogP contribution in [0.4, 0.5) is 5.82 Å². The van der Waals surface area contributed by atoms with Crippen LogP contribution in [-0.2, 0) is 21.1 Å². The molecule has 5 N–H and O–H groups in total. The fourth-order valence-corrected chi connectivity index (χ4v) is 4.32. The van der Waals surface area contributed by atoms with Gasteiger partial charge in [-0.1, -0.05) is 0 Å². The van der Waals surface area contributed by atoms with Gasteiger partial charge in [0.1, 0.15) is 12.1 Å². The smallest absolute Gasteiger partial charge is 0.333 e. The van der Waals surface area contributed by atoms with Crippen LogP contribution in [0.5, 0.6) is 0 Å². The Kier molecular flexibility index (Phi) is 6.37. The Labute approximate surface area is 165 Å². The Morgan fingerprint density at radius 2 is 2.21 bits per heavy atom. The van der Waals surface area contributed by atoms with Crippen molar-refractivity contribution in [2.75, 3.05) is 11.9 Å². The van der Waals surface area contributed by atoms with Gasteiger partial charge in [-0.15, -0.1) is 11.3 Å². The van der Waals surface area contributed by atoms with Crippen molar-refractivity contribution < 1.29 is 27.6 Å². The quantitative estimate of drug-likeness (QED) is 0.425. The largest absolute Gasteiger partial charge is 0.393 e. The summed E-state index contributed by atoms with van der Waals surface area (Å²) in [7, 11) is -4.07. The molecule has 1 fully saturated rings. The number of carbonyl (C=O) groups is 1. The summed E-state index contributed by atoms with van der Waals surface area (Å²) in [5.41, 5.74) is 0.920. The maximum atomic E-state index is 12.8. The fourth-order valence-electron chi connectivity index (χ4n) is 3.10. The van der Waals surface area contributed by atoms with E-state index in [1.165, 1.54) is 23.9 Å². The first kappa shape index (κ1) is 20.8. The Morgan fingerprint density at radius 3 is 2.89 bits per heavy atom. The van der Waals surface area contributed by atoms with E-state index in [-0.39, 0.29) is 30.6 Å². The molecular formula is C16H20N4O6S2. The number of aromatic nitrogens is 2. The van der Waals surface area contributed by atoms with Crippen LogP contribution >= 0.6 is 11.3 Å². The molecule has 2 aromatic rings. The Balaban J connectivity index is 1.71. The SMILES string of the molecule is NS(=O)(=O)OC[C@H]1C[C@@H](Nc2ncncc2C(=O)c2cc(CO)cs2)C[C@@H]1O. The van der Waals surface area contributed by atoms with E-state index in [1.54, 1.807) is 11.4 Å². The fraction of sp³-hybridized carbons (Fsp3) is 0.438. The molecule has 1 aliphatic rings. The highest BCUT2D eigenvalue weighted by Gasteiger charge is 2.34. The minimum atomic E-state index is -4.07. The molecular weight excluding hydrogens is 408 g/mol. The highest BCUT2D eigenvalue weighted by Crippen LogP contribution is 2.30. The number of thiophene rings is 1. The second-order valence-electron chi connectivity index (χ2n) is 6.51. The van der Waals surface area contributed by atoms with Crippen LogP contribution in [-0.4, -0.2) is 53.1 Å². The third kappa shape index (κ3) is 5.10. The van der Waals surface area contributed by atoms with Gasteiger partial charge in [-0.25, -0.2) is 15.1 Å². The summed E-state index contributed by atoms with van der Waals surface area (Å²) >= 11 is 1.22. The van der Waals surface area contributed by atoms with Gasteiger partial charge in [0.05, 0.1) is 29.8 Å². The number of rotatable bonds is 8. The number of aliphatic hydroxyl groups excluding tert-OH is 2. The van der Waals surface area contributed by atoms with Crippen molar-refractivity contribution >= 4 is 33.2 Å². The maximum absolute atomic E-state index is 12.8. The van der Waals surface area contributed by atoms with Crippen molar-refractivity contribution in [1.82, 2.24) is 9.97 Å². The second kappa shape index (κ2) is 8.59. The van der Waals surface area contributed by atoms with Gasteiger partial charge in [-0.05, 0) is 29.9 Å². The van der Waals surface area contributed by atoms with Crippen LogP contribution in [0.3, 0.4) is 0 Å². The molecule has 3 rings (SSSR count). The van der Waals surface area contributed by atoms with E-state index in [4.69, 9.17) is 5.14 Å². The first-order chi connectivity index (χ1) is 13.3. The van der Waals surface area contributed by atoms with Crippen molar-refractivity contribution in [2.24, 2.45) is 11.1 Å². The van der Waals surface area contributed by atoms with Gasteiger partial charge in [-0.2, -0.15) is 8.42 Å². The average molecular weight is 428 g/mol. The number of nitrogens with zero attached hydrogens (tertiary/aromatic N) is 2. The van der Waals surface area contributed by atoms with Gasteiger partial charge >= 0.3 is 10.3 Å². The molecule has 12 heteroatoms. The molecule has 10 nitrogen and oxygen atoms in total. The van der Waals surface area contributed by atoms with Crippen LogP contribution < -0.4 is 10.5 Å². The molecule has 28 heavy (non-hydrogen) atoms. The zero-order valence-electron chi connectivity index (χ0n) is 14.7. The molecule has 1 saturated carbocycles. The number of aliphatic hydroxyl groups is 2. The molecule has 0 amide bonds. The molecule has 2 aromatic heterocycles. The van der Waals surface area contributed by atoms with Crippen molar-refractivity contribution in [3.05, 3.63) is 40.0 Å². The van der Waals surface area contributed by atoms with E-state index in [1.807, 2.05) is 0 Å². The van der Waals surface area contributed by atoms with Crippen LogP contribution in [0, 0.1) is 5.92 Å². The van der Waals surface area contributed by atoms with Gasteiger partial charge in [0.25, 0.3) is 0 Å². The molecule has 0 spiro atoms. The number of carbonyl (C=O) groups excluding carboxylic acids is 1. The molecule has 0 aromatic carbocycles. The minimum Gasteiger partial charge on any atom is -0.393 e. The van der Waals surface area contributed by atoms with Crippen LogP contribution in [0.2, 0.25) is 0 Å². The zero-order chi connectivity index (χ0) is 20.3. The average Bonchev–Trinajstić information content (AvgIpc) is 3.26. The van der Waals surface area contributed by atoms with Crippen molar-refractivity contribution in [2.45, 2.75) is 31.6 Å². The zero-order valence-corrected chi connectivity index (χ0v) is 16.3. The first-order valence-electron chi connectivity index (χ1n) is 8.41. The number of hydrogen-bond acceptors (Lipinski definition) is 10. The van der Waals surface area contributed by atoms with E-state index >= 15 is 0 Å². The van der Waals surface area contributed by atoms with Gasteiger partial charge < -0.3 is 15.5 Å². The summed E-state index contributed by atoms with van der Waals surface area (Å²) in [6.45, 7) is -0.366. The predicted octanol–water partition coefficient (Wildman–Crippen LogP) is 0.0329. The van der Waals surface area contributed by atoms with Crippen LogP contribution in [0.1, 0.15) is 33.6 Å². The lowest BCUT2D eigenvalue weighted by molar-refractivity contribution is 0.101. The summed E-state index contributed by atoms with van der Waals surface area (Å²) in [6, 6.07) is 1.38. The summed E-state index contributed by atoms with van der Waals surface area (Å²) in [5, 5.41) is 29.0. The van der Waals surface area contributed by atoms with E-state index in [0.29, 0.717) is 29.1 Å². The molecule has 152 valence electrons. The number of ketones is 1. The van der Waals surface area contributed by atoms with E-state index < -0.39 is 22.3 Å². The number of nitrogens with one attached hydrogen (secondary N) is 1. The maximum Gasteiger partial charge on any atom is 0.333 e. The van der Waals surface area contributed by atoms with Crippen molar-refractivity contribution in [3.63, 3.8) is 0 Å². The van der Waals surface area contributed by atoms with Crippen LogP contribution in [0.25, 0.3) is 0 Å². The molecule has 0 bridgehead atoms. The van der Waals surface area contributed by atoms with Crippen molar-refractivity contribution in [3.8, 4) is 0 Å². The molecule has 0 saturated heterocycles. The summed E-state index contributed by atoms with van der Waals surface area (Å²) in [5.74, 6) is -0.370. The highest BCUT2D eigenvalue weighted by atomic mass is 32.2. The highest BCUT2D eigenvalue weighted by molar-refractivity contribution is 7.84. The van der Waals surface area contributed by atoms with Gasteiger partial charge in [-0.3, -0.25) is 8.98 Å². The third-order valence-corrected chi connectivity index (χ3v) is 5.90. The Hall–Kier alpha value is -1.96. The number of anilines is 1. The summed E-state index contributed by atoms with van der Waals surface area (Å²) < 4.78 is 26.4. The van der Waals surface area contributed by atoms with Crippen molar-refractivity contribution in [1.29, 1.82) is 0 Å². The van der Waals surface area contributed by atoms with Gasteiger partial charge in [0.2, 0.25) is 5.78 Å². The summed E-state index contributed by atoms with van der Waals surface area (Å²) in [6.07, 6.45) is 2.69. The third-order valence-electron chi connectivity index (χ3n) is 4.46. The first-order valence-corrected chi connectivity index (χ1v) is 10.8. The standard InChI is InChI=1S/C16H20N4O6S2/c17-28(24,25)26-6-10-2-11(3-13(10)22)20-16-12(4-18-8-19-16)15(23)14-1-9(5-21)7-27-14/h1,4,7-8,10-11,13,21-22H,2-3,5-6H2,(H2,17,24,25)(H,18,19,20)/t10-,11-,13+/m1/s1. The monoisotopic (exact) mass is 428 g/mol. The molecule has 1 aliphatic carbocycles. The predicted molar refractivity (Wildman–Crippen MR) is 101 cm³/mol. The number of hydrogen-bond donors (Lipinski definition) is 4. The van der Waals surface area contributed by atoms with Crippen LogP contribution in [0.15, 0.2) is 24.0 Å². The number of nitrogens with two attached hydrogens (primary N) is 1. The molecule has 3 atom stereocenters. The molecule has 0 unspecified atom stereocenters. The molecule has 2 heterocycles. The normalized spacial score (nSPS) is 22.3. The second-order valence-corrected chi connectivity index (χ2v) is 8.64. The molecule has 0 aliphatic heterocycles. The van der Waals surface area contributed by atoms with E-state index in [9.17, 15) is 23.4 Å². The summed E-state index contributed by atoms with van der Waals surface area (Å²) in [4.78, 5) is 21.3. The Morgan fingerprint density at radius 1 is 1.43 bits per heavy atom. The van der Waals surface area contributed by atoms with Gasteiger partial charge in [0.15, 0.2) is 0 Å². The minimum absolute atomic E-state index is 0.151. The lowest BCUT2D eigenvalue weighted by Gasteiger charge is -2.15. The van der Waals surface area contributed by atoms with E-state index in [0.717, 1.165) is 0 Å². The lowest BCUT2D eigenvalue weighted by atomic mass is 10.1. The Bertz CT molecular complexity index is 948. The lowest BCUT2D eigenvalue weighted by Crippen LogP contribution is -2.24. The van der Waals surface area contributed by atoms with Gasteiger partial charge in [0, 0.05) is 18.2 Å².